The van der Waals surface area contributed by atoms with Gasteiger partial charge in [0, 0.05) is 51.6 Å². The lowest BCUT2D eigenvalue weighted by Gasteiger charge is -2.37. The van der Waals surface area contributed by atoms with Crippen LogP contribution in [0.3, 0.4) is 0 Å². The van der Waals surface area contributed by atoms with Crippen LogP contribution in [-0.2, 0) is 14.9 Å². The molecule has 4 rings (SSSR count). The average molecular weight is 408 g/mol. The van der Waals surface area contributed by atoms with Crippen LogP contribution in [0.15, 0.2) is 60.7 Å². The van der Waals surface area contributed by atoms with Gasteiger partial charge in [0.25, 0.3) is 0 Å². The lowest BCUT2D eigenvalue weighted by atomic mass is 9.73. The van der Waals surface area contributed by atoms with Crippen molar-refractivity contribution in [3.8, 4) is 0 Å². The fourth-order valence-electron chi connectivity index (χ4n) is 4.67. The van der Waals surface area contributed by atoms with Gasteiger partial charge < -0.3 is 15.0 Å². The van der Waals surface area contributed by atoms with E-state index in [4.69, 9.17) is 4.74 Å². The molecule has 5 nitrogen and oxygen atoms in total. The van der Waals surface area contributed by atoms with E-state index in [-0.39, 0.29) is 5.91 Å². The molecule has 2 aromatic carbocycles. The van der Waals surface area contributed by atoms with Crippen LogP contribution in [0.25, 0.3) is 0 Å². The second-order valence-corrected chi connectivity index (χ2v) is 8.33. The molecule has 0 radical (unpaired) electrons. The van der Waals surface area contributed by atoms with E-state index < -0.39 is 5.41 Å². The van der Waals surface area contributed by atoms with Gasteiger partial charge in [-0.25, -0.2) is 0 Å². The van der Waals surface area contributed by atoms with E-state index in [0.717, 1.165) is 64.1 Å². The Labute approximate surface area is 180 Å². The van der Waals surface area contributed by atoms with Gasteiger partial charge in [-0.3, -0.25) is 9.69 Å². The van der Waals surface area contributed by atoms with Gasteiger partial charge in [-0.15, -0.1) is 0 Å². The molecule has 0 bridgehead atoms. The predicted octanol–water partition coefficient (Wildman–Crippen LogP) is 3.06. The summed E-state index contributed by atoms with van der Waals surface area (Å²) in [6.45, 7) is 7.34. The minimum Gasteiger partial charge on any atom is -0.381 e. The van der Waals surface area contributed by atoms with Gasteiger partial charge in [0.1, 0.15) is 0 Å². The van der Waals surface area contributed by atoms with Crippen LogP contribution in [0.5, 0.6) is 0 Å². The van der Waals surface area contributed by atoms with Crippen molar-refractivity contribution < 1.29 is 9.53 Å². The summed E-state index contributed by atoms with van der Waals surface area (Å²) in [6, 6.07) is 20.9. The number of carbonyl (C=O) groups excluding carboxylic acids is 1. The van der Waals surface area contributed by atoms with Crippen molar-refractivity contribution in [1.82, 2.24) is 10.2 Å². The van der Waals surface area contributed by atoms with Crippen molar-refractivity contribution in [2.24, 2.45) is 0 Å². The van der Waals surface area contributed by atoms with Gasteiger partial charge in [0.05, 0.1) is 5.41 Å². The smallest absolute Gasteiger partial charge is 0.230 e. The Balaban J connectivity index is 1.23. The number of carbonyl (C=O) groups is 1. The highest BCUT2D eigenvalue weighted by Crippen LogP contribution is 2.35. The molecule has 5 heteroatoms. The van der Waals surface area contributed by atoms with E-state index in [1.807, 2.05) is 18.2 Å². The molecular weight excluding hydrogens is 374 g/mol. The number of nitrogens with one attached hydrogen (secondary N) is 1. The van der Waals surface area contributed by atoms with E-state index in [9.17, 15) is 4.79 Å². The number of rotatable bonds is 7. The lowest BCUT2D eigenvalue weighted by molar-refractivity contribution is -0.130. The monoisotopic (exact) mass is 407 g/mol. The molecule has 2 aliphatic rings. The minimum absolute atomic E-state index is 0.158. The van der Waals surface area contributed by atoms with Gasteiger partial charge in [-0.2, -0.15) is 0 Å². The fraction of sp³-hybridized carbons (Fsp3) is 0.480. The summed E-state index contributed by atoms with van der Waals surface area (Å²) in [6.07, 6.45) is 2.49. The topological polar surface area (TPSA) is 44.8 Å². The minimum atomic E-state index is -0.444. The first-order valence-electron chi connectivity index (χ1n) is 11.2. The molecule has 1 amide bonds. The van der Waals surface area contributed by atoms with Crippen LogP contribution in [-0.4, -0.2) is 63.3 Å². The third kappa shape index (κ3) is 4.85. The van der Waals surface area contributed by atoms with E-state index in [1.54, 1.807) is 0 Å². The molecule has 160 valence electrons. The summed E-state index contributed by atoms with van der Waals surface area (Å²) in [5, 5.41) is 3.23. The first kappa shape index (κ1) is 20.9. The van der Waals surface area contributed by atoms with Crippen LogP contribution in [0, 0.1) is 0 Å². The number of anilines is 1. The molecule has 2 heterocycles. The third-order valence-electron chi connectivity index (χ3n) is 6.54. The molecule has 30 heavy (non-hydrogen) atoms. The Hall–Kier alpha value is -2.37. The zero-order valence-electron chi connectivity index (χ0n) is 17.8. The fourth-order valence-corrected chi connectivity index (χ4v) is 4.67. The molecular formula is C25H33N3O2. The van der Waals surface area contributed by atoms with Crippen molar-refractivity contribution in [3.63, 3.8) is 0 Å². The lowest BCUT2D eigenvalue weighted by Crippen LogP contribution is -2.49. The Morgan fingerprint density at radius 1 is 0.900 bits per heavy atom. The van der Waals surface area contributed by atoms with Crippen molar-refractivity contribution in [2.45, 2.75) is 24.7 Å². The van der Waals surface area contributed by atoms with Gasteiger partial charge in [-0.1, -0.05) is 48.5 Å². The number of hydrogen-bond donors (Lipinski definition) is 1. The summed E-state index contributed by atoms with van der Waals surface area (Å²) in [7, 11) is 0. The second kappa shape index (κ2) is 10.1. The molecule has 0 spiro atoms. The van der Waals surface area contributed by atoms with Crippen molar-refractivity contribution >= 4 is 11.6 Å². The third-order valence-corrected chi connectivity index (χ3v) is 6.54. The first-order chi connectivity index (χ1) is 14.8. The second-order valence-electron chi connectivity index (χ2n) is 8.33. The Morgan fingerprint density at radius 3 is 2.20 bits per heavy atom. The normalized spacial score (nSPS) is 19.4. The van der Waals surface area contributed by atoms with Crippen LogP contribution in [0.1, 0.15) is 24.8 Å². The van der Waals surface area contributed by atoms with Crippen molar-refractivity contribution in [2.75, 3.05) is 57.4 Å². The molecule has 0 unspecified atom stereocenters. The molecule has 0 atom stereocenters. The molecule has 0 aliphatic carbocycles. The predicted molar refractivity (Wildman–Crippen MR) is 121 cm³/mol. The van der Waals surface area contributed by atoms with Crippen LogP contribution in [0.2, 0.25) is 0 Å². The number of amides is 1. The maximum Gasteiger partial charge on any atom is 0.230 e. The highest BCUT2D eigenvalue weighted by atomic mass is 16.5. The van der Waals surface area contributed by atoms with Crippen molar-refractivity contribution in [3.05, 3.63) is 66.2 Å². The zero-order chi connectivity index (χ0) is 20.7. The number of ether oxygens (including phenoxy) is 1. The standard InChI is InChI=1S/C25H33N3O2/c29-24(25(12-20-30-21-13-25)22-8-3-1-4-9-22)26-14-7-15-27-16-18-28(19-17-27)23-10-5-2-6-11-23/h1-6,8-11H,7,12-21H2,(H,26,29). The van der Waals surface area contributed by atoms with E-state index >= 15 is 0 Å². The number of piperazine rings is 1. The maximum absolute atomic E-state index is 13.2. The Bertz CT molecular complexity index is 783. The highest BCUT2D eigenvalue weighted by molar-refractivity contribution is 5.88. The number of hydrogen-bond acceptors (Lipinski definition) is 4. The number of para-hydroxylation sites is 1. The summed E-state index contributed by atoms with van der Waals surface area (Å²) in [4.78, 5) is 18.1. The van der Waals surface area contributed by atoms with Crippen LogP contribution < -0.4 is 10.2 Å². The highest BCUT2D eigenvalue weighted by Gasteiger charge is 2.41. The molecule has 0 aromatic heterocycles. The number of benzene rings is 2. The van der Waals surface area contributed by atoms with Crippen LogP contribution in [0.4, 0.5) is 5.69 Å². The van der Waals surface area contributed by atoms with Gasteiger partial charge in [0.15, 0.2) is 0 Å². The van der Waals surface area contributed by atoms with E-state index in [0.29, 0.717) is 13.2 Å². The Morgan fingerprint density at radius 2 is 1.53 bits per heavy atom. The molecule has 0 saturated carbocycles. The summed E-state index contributed by atoms with van der Waals surface area (Å²) in [5.74, 6) is 0.158. The quantitative estimate of drug-likeness (QED) is 0.717. The maximum atomic E-state index is 13.2. The molecule has 2 aliphatic heterocycles. The summed E-state index contributed by atoms with van der Waals surface area (Å²) >= 11 is 0. The molecule has 2 saturated heterocycles. The molecule has 2 fully saturated rings. The zero-order valence-corrected chi connectivity index (χ0v) is 17.8. The summed E-state index contributed by atoms with van der Waals surface area (Å²) < 4.78 is 5.55. The largest absolute Gasteiger partial charge is 0.381 e. The van der Waals surface area contributed by atoms with E-state index in [1.165, 1.54) is 5.69 Å². The first-order valence-corrected chi connectivity index (χ1v) is 11.2. The van der Waals surface area contributed by atoms with Gasteiger partial charge in [-0.05, 0) is 43.5 Å². The summed E-state index contributed by atoms with van der Waals surface area (Å²) in [5.41, 5.74) is 1.98. The Kier molecular flexibility index (Phi) is 7.03. The molecule has 2 aromatic rings. The van der Waals surface area contributed by atoms with Crippen LogP contribution >= 0.6 is 0 Å². The van der Waals surface area contributed by atoms with Gasteiger partial charge >= 0.3 is 0 Å². The van der Waals surface area contributed by atoms with E-state index in [2.05, 4.69) is 57.6 Å². The SMILES string of the molecule is O=C(NCCCN1CCN(c2ccccc2)CC1)C1(c2ccccc2)CCOCC1. The number of nitrogens with zero attached hydrogens (tertiary/aromatic N) is 2. The average Bonchev–Trinajstić information content (AvgIpc) is 2.83. The molecule has 1 N–H and O–H groups in total. The van der Waals surface area contributed by atoms with Crippen molar-refractivity contribution in [1.29, 1.82) is 0 Å². The van der Waals surface area contributed by atoms with Gasteiger partial charge in [0.2, 0.25) is 5.91 Å².